The van der Waals surface area contributed by atoms with Gasteiger partial charge in [-0.25, -0.2) is 4.79 Å². The van der Waals surface area contributed by atoms with Crippen LogP contribution in [0.2, 0.25) is 0 Å². The molecule has 1 atom stereocenters. The van der Waals surface area contributed by atoms with E-state index in [0.29, 0.717) is 12.6 Å². The average Bonchev–Trinajstić information content (AvgIpc) is 3.24. The monoisotopic (exact) mass is 359 g/mol. The normalized spacial score (nSPS) is 26.8. The van der Waals surface area contributed by atoms with E-state index in [0.717, 1.165) is 31.5 Å². The number of carbonyl (C=O) groups excluding carboxylic acids is 2. The molecule has 5 nitrogen and oxygen atoms in total. The number of hydrogen-bond donors (Lipinski definition) is 0. The number of urea groups is 1. The smallest absolute Gasteiger partial charge is 0.312 e. The van der Waals surface area contributed by atoms with Crippen LogP contribution in [0.1, 0.15) is 24.8 Å². The van der Waals surface area contributed by atoms with E-state index in [2.05, 4.69) is 4.90 Å². The highest BCUT2D eigenvalue weighted by Crippen LogP contribution is 2.38. The van der Waals surface area contributed by atoms with Crippen LogP contribution in [0.3, 0.4) is 0 Å². The van der Waals surface area contributed by atoms with Gasteiger partial charge in [-0.15, -0.1) is 0 Å². The Labute approximate surface area is 153 Å². The number of rotatable bonds is 3. The molecule has 0 saturated carbocycles. The minimum absolute atomic E-state index is 0.00991. The minimum Gasteiger partial charge on any atom is -0.312 e. The van der Waals surface area contributed by atoms with E-state index in [1.807, 2.05) is 42.1 Å². The van der Waals surface area contributed by atoms with Crippen molar-refractivity contribution < 1.29 is 9.59 Å². The van der Waals surface area contributed by atoms with Gasteiger partial charge >= 0.3 is 6.03 Å². The van der Waals surface area contributed by atoms with Crippen molar-refractivity contribution in [2.75, 3.05) is 31.6 Å². The Kier molecular flexibility index (Phi) is 4.50. The van der Waals surface area contributed by atoms with Crippen LogP contribution >= 0.6 is 11.8 Å². The van der Waals surface area contributed by atoms with Gasteiger partial charge in [0.2, 0.25) is 0 Å². The third-order valence-corrected chi connectivity index (χ3v) is 7.18. The summed E-state index contributed by atoms with van der Waals surface area (Å²) in [4.78, 5) is 31.6. The van der Waals surface area contributed by atoms with Crippen LogP contribution in [0.25, 0.3) is 0 Å². The molecular formula is C19H25N3O2S. The first-order chi connectivity index (χ1) is 12.1. The number of hydrogen-bond acceptors (Lipinski definition) is 4. The molecule has 1 aromatic rings. The maximum absolute atomic E-state index is 13.2. The highest BCUT2D eigenvalue weighted by molar-refractivity contribution is 7.99. The van der Waals surface area contributed by atoms with Crippen molar-refractivity contribution in [2.24, 2.45) is 0 Å². The molecule has 25 heavy (non-hydrogen) atoms. The van der Waals surface area contributed by atoms with E-state index in [4.69, 9.17) is 0 Å². The van der Waals surface area contributed by atoms with E-state index in [1.165, 1.54) is 22.8 Å². The maximum Gasteiger partial charge on any atom is 0.327 e. The molecule has 3 saturated heterocycles. The Hall–Kier alpha value is -1.53. The Morgan fingerprint density at radius 2 is 1.88 bits per heavy atom. The number of likely N-dealkylation sites (tertiary alicyclic amines) is 1. The Morgan fingerprint density at radius 3 is 2.52 bits per heavy atom. The van der Waals surface area contributed by atoms with Gasteiger partial charge in [-0.2, -0.15) is 11.8 Å². The van der Waals surface area contributed by atoms with Crippen LogP contribution in [0.5, 0.6) is 0 Å². The van der Waals surface area contributed by atoms with Crippen LogP contribution in [0.15, 0.2) is 30.3 Å². The second-order valence-corrected chi connectivity index (χ2v) is 8.45. The molecule has 0 radical (unpaired) electrons. The summed E-state index contributed by atoms with van der Waals surface area (Å²) >= 11 is 2.02. The highest BCUT2D eigenvalue weighted by atomic mass is 32.2. The largest absolute Gasteiger partial charge is 0.327 e. The lowest BCUT2D eigenvalue weighted by Gasteiger charge is -2.42. The summed E-state index contributed by atoms with van der Waals surface area (Å²) in [5, 5.41) is 0. The van der Waals surface area contributed by atoms with Crippen LogP contribution in [-0.2, 0) is 11.3 Å². The van der Waals surface area contributed by atoms with Crippen LogP contribution in [0.4, 0.5) is 4.79 Å². The molecule has 0 N–H and O–H groups in total. The number of benzene rings is 1. The fourth-order valence-corrected chi connectivity index (χ4v) is 5.62. The molecule has 3 amide bonds. The summed E-state index contributed by atoms with van der Waals surface area (Å²) in [5.74, 6) is 2.44. The predicted molar refractivity (Wildman–Crippen MR) is 99.4 cm³/mol. The van der Waals surface area contributed by atoms with Crippen molar-refractivity contribution in [1.29, 1.82) is 0 Å². The molecule has 4 rings (SSSR count). The molecule has 1 spiro atoms. The fourth-order valence-electron chi connectivity index (χ4n) is 4.37. The zero-order valence-corrected chi connectivity index (χ0v) is 15.5. The first kappa shape index (κ1) is 16.9. The highest BCUT2D eigenvalue weighted by Gasteiger charge is 2.56. The Morgan fingerprint density at radius 1 is 1.16 bits per heavy atom. The van der Waals surface area contributed by atoms with Gasteiger partial charge in [0.15, 0.2) is 0 Å². The summed E-state index contributed by atoms with van der Waals surface area (Å²) in [5.41, 5.74) is 0.365. The number of nitrogens with zero attached hydrogens (tertiary/aromatic N) is 3. The molecule has 0 unspecified atom stereocenters. The summed E-state index contributed by atoms with van der Waals surface area (Å²) in [6, 6.07) is 10.3. The van der Waals surface area contributed by atoms with Crippen molar-refractivity contribution in [3.8, 4) is 0 Å². The van der Waals surface area contributed by atoms with Crippen molar-refractivity contribution in [3.05, 3.63) is 35.9 Å². The molecule has 3 aliphatic rings. The number of likely N-dealkylation sites (N-methyl/N-ethyl adjacent to an activating group) is 1. The maximum atomic E-state index is 13.2. The zero-order valence-electron chi connectivity index (χ0n) is 14.7. The first-order valence-electron chi connectivity index (χ1n) is 9.07. The molecule has 3 fully saturated rings. The van der Waals surface area contributed by atoms with Gasteiger partial charge < -0.3 is 4.90 Å². The number of imide groups is 1. The van der Waals surface area contributed by atoms with E-state index in [-0.39, 0.29) is 11.9 Å². The summed E-state index contributed by atoms with van der Waals surface area (Å²) in [7, 11) is 1.80. The van der Waals surface area contributed by atoms with Crippen LogP contribution in [-0.4, -0.2) is 69.9 Å². The Balaban J connectivity index is 1.49. The average molecular weight is 359 g/mol. The van der Waals surface area contributed by atoms with Gasteiger partial charge in [0.25, 0.3) is 5.91 Å². The summed E-state index contributed by atoms with van der Waals surface area (Å²) in [6.07, 6.45) is 2.75. The van der Waals surface area contributed by atoms with Crippen molar-refractivity contribution in [2.45, 2.75) is 37.4 Å². The second-order valence-electron chi connectivity index (χ2n) is 7.30. The molecule has 6 heteroatoms. The van der Waals surface area contributed by atoms with Crippen LogP contribution in [0, 0.1) is 0 Å². The quantitative estimate of drug-likeness (QED) is 0.778. The molecule has 0 aliphatic carbocycles. The van der Waals surface area contributed by atoms with E-state index in [1.54, 1.807) is 11.9 Å². The van der Waals surface area contributed by atoms with E-state index in [9.17, 15) is 9.59 Å². The van der Waals surface area contributed by atoms with E-state index >= 15 is 0 Å². The van der Waals surface area contributed by atoms with Crippen LogP contribution < -0.4 is 0 Å². The lowest BCUT2D eigenvalue weighted by Crippen LogP contribution is -2.57. The topological polar surface area (TPSA) is 43.9 Å². The van der Waals surface area contributed by atoms with Gasteiger partial charge in [-0.05, 0) is 30.6 Å². The van der Waals surface area contributed by atoms with Gasteiger partial charge in [-0.3, -0.25) is 14.6 Å². The number of thioether (sulfide) groups is 1. The standard InChI is InChI=1S/C19H25N3O2S/c1-20-18(24)22(13-15-5-3-2-4-6-15)17(23)19(20)8-10-21(11-9-19)16-7-12-25-14-16/h2-6,16H,7-14H2,1H3/t16-/m0/s1. The predicted octanol–water partition coefficient (Wildman–Crippen LogP) is 2.42. The molecule has 0 aromatic heterocycles. The second kappa shape index (κ2) is 6.65. The number of carbonyl (C=O) groups is 2. The number of piperidine rings is 1. The van der Waals surface area contributed by atoms with E-state index < -0.39 is 5.54 Å². The lowest BCUT2D eigenvalue weighted by molar-refractivity contribution is -0.135. The molecule has 1 aromatic carbocycles. The minimum atomic E-state index is -0.631. The number of amides is 3. The summed E-state index contributed by atoms with van der Waals surface area (Å²) < 4.78 is 0. The third kappa shape index (κ3) is 2.85. The van der Waals surface area contributed by atoms with Gasteiger partial charge in [0.1, 0.15) is 5.54 Å². The lowest BCUT2D eigenvalue weighted by atomic mass is 9.85. The molecule has 3 aliphatic heterocycles. The van der Waals surface area contributed by atoms with Crippen molar-refractivity contribution in [3.63, 3.8) is 0 Å². The SMILES string of the molecule is CN1C(=O)N(Cc2ccccc2)C(=O)C12CCN([C@H]1CCSC1)CC2. The molecule has 134 valence electrons. The Bertz CT molecular complexity index is 652. The first-order valence-corrected chi connectivity index (χ1v) is 10.2. The van der Waals surface area contributed by atoms with Crippen molar-refractivity contribution in [1.82, 2.24) is 14.7 Å². The van der Waals surface area contributed by atoms with Gasteiger partial charge in [0, 0.05) is 31.9 Å². The zero-order chi connectivity index (χ0) is 17.4. The third-order valence-electron chi connectivity index (χ3n) is 6.03. The fraction of sp³-hybridized carbons (Fsp3) is 0.579. The molecule has 3 heterocycles. The molecular weight excluding hydrogens is 334 g/mol. The van der Waals surface area contributed by atoms with Gasteiger partial charge in [0.05, 0.1) is 6.54 Å². The molecule has 0 bridgehead atoms. The van der Waals surface area contributed by atoms with Gasteiger partial charge in [-0.1, -0.05) is 30.3 Å². The summed E-state index contributed by atoms with van der Waals surface area (Å²) in [6.45, 7) is 2.19. The van der Waals surface area contributed by atoms with Crippen molar-refractivity contribution >= 4 is 23.7 Å².